The summed E-state index contributed by atoms with van der Waals surface area (Å²) in [5.74, 6) is 0. The summed E-state index contributed by atoms with van der Waals surface area (Å²) in [6.45, 7) is 8.07. The quantitative estimate of drug-likeness (QED) is 0.474. The predicted octanol–water partition coefficient (Wildman–Crippen LogP) is 1.82. The largest absolute Gasteiger partial charge is 0.254 e. The molecule has 1 rings (SSSR count). The van der Waals surface area contributed by atoms with E-state index in [0.717, 1.165) is 4.91 Å². The van der Waals surface area contributed by atoms with E-state index in [4.69, 9.17) is 0 Å². The molecule has 1 aliphatic rings. The highest BCUT2D eigenvalue weighted by molar-refractivity contribution is 7.99. The monoisotopic (exact) mass is 144 g/mol. The second-order valence-corrected chi connectivity index (χ2v) is 5.07. The van der Waals surface area contributed by atoms with E-state index in [2.05, 4.69) is 0 Å². The van der Waals surface area contributed by atoms with Crippen LogP contribution in [0.25, 0.3) is 0 Å². The van der Waals surface area contributed by atoms with E-state index in [1.807, 2.05) is 27.7 Å². The SMILES string of the molecule is CC(C)=C1S(=O)C1(C)C. The van der Waals surface area contributed by atoms with Crippen molar-refractivity contribution in [2.45, 2.75) is 32.4 Å². The van der Waals surface area contributed by atoms with Crippen LogP contribution in [-0.2, 0) is 10.8 Å². The van der Waals surface area contributed by atoms with Crippen molar-refractivity contribution in [2.75, 3.05) is 0 Å². The molecule has 0 aromatic carbocycles. The lowest BCUT2D eigenvalue weighted by molar-refractivity contribution is 0.688. The molecule has 0 amide bonds. The van der Waals surface area contributed by atoms with Crippen LogP contribution in [-0.4, -0.2) is 8.96 Å². The van der Waals surface area contributed by atoms with E-state index in [1.54, 1.807) is 0 Å². The molecule has 0 radical (unpaired) electrons. The lowest BCUT2D eigenvalue weighted by atomic mass is 10.1. The Labute approximate surface area is 58.6 Å². The summed E-state index contributed by atoms with van der Waals surface area (Å²) in [5, 5.41) is 0. The summed E-state index contributed by atoms with van der Waals surface area (Å²) >= 11 is 0. The van der Waals surface area contributed by atoms with E-state index in [9.17, 15) is 4.21 Å². The van der Waals surface area contributed by atoms with Crippen LogP contribution in [0, 0.1) is 0 Å². The molecular formula is C7H12OS. The van der Waals surface area contributed by atoms with Gasteiger partial charge in [-0.3, -0.25) is 4.21 Å². The van der Waals surface area contributed by atoms with Crippen LogP contribution in [0.3, 0.4) is 0 Å². The topological polar surface area (TPSA) is 17.1 Å². The Morgan fingerprint density at radius 2 is 1.78 bits per heavy atom. The first kappa shape index (κ1) is 7.00. The van der Waals surface area contributed by atoms with Crippen LogP contribution in [0.2, 0.25) is 0 Å². The maximum absolute atomic E-state index is 11.0. The fourth-order valence-corrected chi connectivity index (χ4v) is 2.52. The second kappa shape index (κ2) is 1.69. The summed E-state index contributed by atoms with van der Waals surface area (Å²) in [6.07, 6.45) is 0. The van der Waals surface area contributed by atoms with Gasteiger partial charge in [-0.05, 0) is 27.7 Å². The van der Waals surface area contributed by atoms with E-state index in [0.29, 0.717) is 0 Å². The molecule has 0 aromatic heterocycles. The molecule has 52 valence electrons. The summed E-state index contributed by atoms with van der Waals surface area (Å²) in [7, 11) is -0.660. The van der Waals surface area contributed by atoms with Gasteiger partial charge < -0.3 is 0 Å². The van der Waals surface area contributed by atoms with Gasteiger partial charge in [-0.2, -0.15) is 0 Å². The van der Waals surface area contributed by atoms with Crippen LogP contribution in [0.15, 0.2) is 10.5 Å². The Hall–Kier alpha value is -0.110. The lowest BCUT2D eigenvalue weighted by Crippen LogP contribution is -1.93. The zero-order valence-corrected chi connectivity index (χ0v) is 7.13. The van der Waals surface area contributed by atoms with Gasteiger partial charge in [0, 0.05) is 4.91 Å². The van der Waals surface area contributed by atoms with E-state index in [1.165, 1.54) is 5.57 Å². The Balaban J connectivity index is 2.99. The summed E-state index contributed by atoms with van der Waals surface area (Å²) in [5.41, 5.74) is 1.22. The Morgan fingerprint density at radius 1 is 1.44 bits per heavy atom. The highest BCUT2D eigenvalue weighted by Crippen LogP contribution is 2.46. The van der Waals surface area contributed by atoms with Crippen molar-refractivity contribution in [3.05, 3.63) is 10.5 Å². The summed E-state index contributed by atoms with van der Waals surface area (Å²) < 4.78 is 11.0. The molecule has 0 N–H and O–H groups in total. The molecule has 1 atom stereocenters. The molecule has 0 bridgehead atoms. The molecule has 0 aliphatic carbocycles. The standard InChI is InChI=1S/C7H12OS/c1-5(2)6-7(3,4)9(6)8/h1-4H3. The van der Waals surface area contributed by atoms with Crippen molar-refractivity contribution in [3.63, 3.8) is 0 Å². The molecule has 2 heteroatoms. The first-order valence-electron chi connectivity index (χ1n) is 3.07. The Bertz CT molecular complexity index is 197. The van der Waals surface area contributed by atoms with Gasteiger partial charge in [0.15, 0.2) is 0 Å². The molecular weight excluding hydrogens is 132 g/mol. The van der Waals surface area contributed by atoms with Crippen LogP contribution in [0.1, 0.15) is 27.7 Å². The minimum absolute atomic E-state index is 0.00116. The summed E-state index contributed by atoms with van der Waals surface area (Å²) in [6, 6.07) is 0. The molecule has 0 aromatic rings. The average Bonchev–Trinajstić information content (AvgIpc) is 2.07. The first-order chi connectivity index (χ1) is 3.98. The van der Waals surface area contributed by atoms with Crippen LogP contribution in [0.5, 0.6) is 0 Å². The van der Waals surface area contributed by atoms with Crippen LogP contribution in [0.4, 0.5) is 0 Å². The van der Waals surface area contributed by atoms with Gasteiger partial charge >= 0.3 is 0 Å². The van der Waals surface area contributed by atoms with Gasteiger partial charge in [-0.1, -0.05) is 5.57 Å². The number of hydrogen-bond acceptors (Lipinski definition) is 1. The molecule has 1 nitrogen and oxygen atoms in total. The average molecular weight is 144 g/mol. The smallest absolute Gasteiger partial charge is 0.0778 e. The molecule has 0 spiro atoms. The first-order valence-corrected chi connectivity index (χ1v) is 4.22. The van der Waals surface area contributed by atoms with Crippen LogP contribution >= 0.6 is 0 Å². The third kappa shape index (κ3) is 0.855. The molecule has 1 heterocycles. The molecule has 1 unspecified atom stereocenters. The van der Waals surface area contributed by atoms with Crippen molar-refractivity contribution in [3.8, 4) is 0 Å². The zero-order chi connectivity index (χ0) is 7.23. The molecule has 9 heavy (non-hydrogen) atoms. The molecule has 0 saturated carbocycles. The van der Waals surface area contributed by atoms with Gasteiger partial charge in [0.05, 0.1) is 15.5 Å². The van der Waals surface area contributed by atoms with E-state index < -0.39 is 10.8 Å². The maximum Gasteiger partial charge on any atom is 0.0778 e. The predicted molar refractivity (Wildman–Crippen MR) is 40.6 cm³/mol. The van der Waals surface area contributed by atoms with Gasteiger partial charge in [-0.25, -0.2) is 0 Å². The maximum atomic E-state index is 11.0. The van der Waals surface area contributed by atoms with Gasteiger partial charge in [-0.15, -0.1) is 0 Å². The molecule has 1 fully saturated rings. The van der Waals surface area contributed by atoms with Gasteiger partial charge in [0.25, 0.3) is 0 Å². The van der Waals surface area contributed by atoms with Crippen molar-refractivity contribution >= 4 is 10.8 Å². The fourth-order valence-electron chi connectivity index (χ4n) is 1.14. The zero-order valence-electron chi connectivity index (χ0n) is 6.32. The third-order valence-corrected chi connectivity index (χ3v) is 3.82. The minimum Gasteiger partial charge on any atom is -0.254 e. The highest BCUT2D eigenvalue weighted by atomic mass is 32.2. The normalized spacial score (nSPS) is 30.2. The van der Waals surface area contributed by atoms with E-state index >= 15 is 0 Å². The fraction of sp³-hybridized carbons (Fsp3) is 0.714. The van der Waals surface area contributed by atoms with Crippen LogP contribution < -0.4 is 0 Å². The van der Waals surface area contributed by atoms with Gasteiger partial charge in [0.1, 0.15) is 0 Å². The van der Waals surface area contributed by atoms with Crippen molar-refractivity contribution in [1.29, 1.82) is 0 Å². The van der Waals surface area contributed by atoms with Crippen molar-refractivity contribution in [1.82, 2.24) is 0 Å². The minimum atomic E-state index is -0.660. The third-order valence-electron chi connectivity index (χ3n) is 1.61. The van der Waals surface area contributed by atoms with Gasteiger partial charge in [0.2, 0.25) is 0 Å². The lowest BCUT2D eigenvalue weighted by Gasteiger charge is -1.87. The second-order valence-electron chi connectivity index (χ2n) is 3.11. The molecule has 1 aliphatic heterocycles. The summed E-state index contributed by atoms with van der Waals surface area (Å²) in [4.78, 5) is 1.14. The molecule has 1 saturated heterocycles. The van der Waals surface area contributed by atoms with Crippen molar-refractivity contribution in [2.24, 2.45) is 0 Å². The number of hydrogen-bond donors (Lipinski definition) is 0. The Morgan fingerprint density at radius 3 is 1.78 bits per heavy atom. The number of allylic oxidation sites excluding steroid dienone is 1. The van der Waals surface area contributed by atoms with E-state index in [-0.39, 0.29) is 4.75 Å². The highest BCUT2D eigenvalue weighted by Gasteiger charge is 2.50. The van der Waals surface area contributed by atoms with Crippen molar-refractivity contribution < 1.29 is 4.21 Å². The number of rotatable bonds is 0. The Kier molecular flexibility index (Phi) is 1.31.